The summed E-state index contributed by atoms with van der Waals surface area (Å²) in [5, 5.41) is 5.58. The van der Waals surface area contributed by atoms with Crippen LogP contribution in [0.1, 0.15) is 34.3 Å². The van der Waals surface area contributed by atoms with Crippen molar-refractivity contribution in [2.45, 2.75) is 25.8 Å². The Morgan fingerprint density at radius 3 is 2.00 bits per heavy atom. The van der Waals surface area contributed by atoms with Crippen LogP contribution in [0.3, 0.4) is 0 Å². The van der Waals surface area contributed by atoms with E-state index in [-0.39, 0.29) is 31.3 Å². The maximum atomic E-state index is 12.3. The second-order valence-corrected chi connectivity index (χ2v) is 7.25. The van der Waals surface area contributed by atoms with Gasteiger partial charge in [-0.2, -0.15) is 0 Å². The SMILES string of the molecule is O=C(CCC(=O)OCCc1ccccc1)Nc1ccc(C(=O)NCc2ccccc2)cc1. The molecule has 0 spiro atoms. The molecule has 0 aliphatic heterocycles. The van der Waals surface area contributed by atoms with Crippen LogP contribution in [0.2, 0.25) is 0 Å². The monoisotopic (exact) mass is 430 g/mol. The molecule has 0 aromatic heterocycles. The lowest BCUT2D eigenvalue weighted by atomic mass is 10.1. The van der Waals surface area contributed by atoms with Gasteiger partial charge in [-0.15, -0.1) is 0 Å². The van der Waals surface area contributed by atoms with Gasteiger partial charge in [-0.05, 0) is 35.4 Å². The van der Waals surface area contributed by atoms with E-state index in [4.69, 9.17) is 4.74 Å². The summed E-state index contributed by atoms with van der Waals surface area (Å²) < 4.78 is 5.18. The molecule has 6 heteroatoms. The van der Waals surface area contributed by atoms with Gasteiger partial charge in [0.25, 0.3) is 5.91 Å². The van der Waals surface area contributed by atoms with Crippen LogP contribution in [0.4, 0.5) is 5.69 Å². The van der Waals surface area contributed by atoms with E-state index in [0.717, 1.165) is 11.1 Å². The van der Waals surface area contributed by atoms with Crippen molar-refractivity contribution in [2.24, 2.45) is 0 Å². The molecule has 0 unspecified atom stereocenters. The van der Waals surface area contributed by atoms with Crippen molar-refractivity contribution < 1.29 is 19.1 Å². The smallest absolute Gasteiger partial charge is 0.306 e. The molecular weight excluding hydrogens is 404 g/mol. The molecule has 0 fully saturated rings. The number of hydrogen-bond acceptors (Lipinski definition) is 4. The Morgan fingerprint density at radius 2 is 1.34 bits per heavy atom. The largest absolute Gasteiger partial charge is 0.465 e. The third-order valence-corrected chi connectivity index (χ3v) is 4.78. The minimum atomic E-state index is -0.401. The first kappa shape index (κ1) is 22.7. The maximum Gasteiger partial charge on any atom is 0.306 e. The summed E-state index contributed by atoms with van der Waals surface area (Å²) in [6, 6.07) is 26.0. The topological polar surface area (TPSA) is 84.5 Å². The van der Waals surface area contributed by atoms with Crippen molar-refractivity contribution in [3.05, 3.63) is 102 Å². The van der Waals surface area contributed by atoms with Crippen molar-refractivity contribution in [1.29, 1.82) is 0 Å². The summed E-state index contributed by atoms with van der Waals surface area (Å²) >= 11 is 0. The van der Waals surface area contributed by atoms with E-state index < -0.39 is 5.97 Å². The quantitative estimate of drug-likeness (QED) is 0.474. The Bertz CT molecular complexity index is 1020. The van der Waals surface area contributed by atoms with Gasteiger partial charge in [0.15, 0.2) is 0 Å². The third-order valence-electron chi connectivity index (χ3n) is 4.78. The highest BCUT2D eigenvalue weighted by Crippen LogP contribution is 2.11. The Hall–Kier alpha value is -3.93. The molecule has 0 saturated carbocycles. The number of carbonyl (C=O) groups excluding carboxylic acids is 3. The van der Waals surface area contributed by atoms with E-state index in [1.54, 1.807) is 24.3 Å². The van der Waals surface area contributed by atoms with Crippen molar-refractivity contribution >= 4 is 23.5 Å². The molecule has 6 nitrogen and oxygen atoms in total. The van der Waals surface area contributed by atoms with Gasteiger partial charge in [-0.3, -0.25) is 14.4 Å². The van der Waals surface area contributed by atoms with Crippen LogP contribution >= 0.6 is 0 Å². The standard InChI is InChI=1S/C26H26N2O4/c29-24(15-16-25(30)32-18-17-20-7-3-1-4-8-20)28-23-13-11-22(12-14-23)26(31)27-19-21-9-5-2-6-10-21/h1-14H,15-19H2,(H,27,31)(H,28,29). The first-order chi connectivity index (χ1) is 15.6. The number of rotatable bonds is 10. The molecular formula is C26H26N2O4. The molecule has 3 rings (SSSR count). The molecule has 32 heavy (non-hydrogen) atoms. The van der Waals surface area contributed by atoms with Gasteiger partial charge in [-0.1, -0.05) is 60.7 Å². The van der Waals surface area contributed by atoms with Gasteiger partial charge in [0, 0.05) is 30.6 Å². The molecule has 0 heterocycles. The zero-order chi connectivity index (χ0) is 22.6. The minimum Gasteiger partial charge on any atom is -0.465 e. The van der Waals surface area contributed by atoms with Gasteiger partial charge in [0.2, 0.25) is 5.91 Å². The van der Waals surface area contributed by atoms with E-state index in [9.17, 15) is 14.4 Å². The first-order valence-electron chi connectivity index (χ1n) is 10.5. The Kier molecular flexibility index (Phi) is 8.57. The fourth-order valence-electron chi connectivity index (χ4n) is 3.02. The number of amides is 2. The van der Waals surface area contributed by atoms with Gasteiger partial charge in [0.1, 0.15) is 0 Å². The van der Waals surface area contributed by atoms with E-state index in [1.165, 1.54) is 0 Å². The average Bonchev–Trinajstić information content (AvgIpc) is 2.83. The fraction of sp³-hybridized carbons (Fsp3) is 0.192. The molecule has 3 aromatic carbocycles. The summed E-state index contributed by atoms with van der Waals surface area (Å²) in [6.07, 6.45) is 0.689. The number of benzene rings is 3. The number of nitrogens with one attached hydrogen (secondary N) is 2. The molecule has 0 atom stereocenters. The van der Waals surface area contributed by atoms with Crippen LogP contribution in [-0.2, 0) is 27.3 Å². The van der Waals surface area contributed by atoms with Crippen molar-refractivity contribution in [3.63, 3.8) is 0 Å². The van der Waals surface area contributed by atoms with Gasteiger partial charge < -0.3 is 15.4 Å². The van der Waals surface area contributed by atoms with E-state index in [1.807, 2.05) is 60.7 Å². The van der Waals surface area contributed by atoms with Crippen molar-refractivity contribution in [3.8, 4) is 0 Å². The summed E-state index contributed by atoms with van der Waals surface area (Å²) in [7, 11) is 0. The third kappa shape index (κ3) is 7.72. The first-order valence-corrected chi connectivity index (χ1v) is 10.5. The van der Waals surface area contributed by atoms with Crippen LogP contribution in [0.25, 0.3) is 0 Å². The van der Waals surface area contributed by atoms with Crippen LogP contribution in [0, 0.1) is 0 Å². The van der Waals surface area contributed by atoms with Crippen LogP contribution < -0.4 is 10.6 Å². The Labute approximate surface area is 187 Å². The highest BCUT2D eigenvalue weighted by Gasteiger charge is 2.10. The van der Waals surface area contributed by atoms with Crippen LogP contribution in [-0.4, -0.2) is 24.4 Å². The van der Waals surface area contributed by atoms with Crippen LogP contribution in [0.5, 0.6) is 0 Å². The zero-order valence-corrected chi connectivity index (χ0v) is 17.8. The van der Waals surface area contributed by atoms with E-state index in [0.29, 0.717) is 24.2 Å². The second kappa shape index (κ2) is 12.1. The number of hydrogen-bond donors (Lipinski definition) is 2. The summed E-state index contributed by atoms with van der Waals surface area (Å²) in [4.78, 5) is 36.2. The lowest BCUT2D eigenvalue weighted by molar-refractivity contribution is -0.144. The maximum absolute atomic E-state index is 12.3. The number of carbonyl (C=O) groups is 3. The highest BCUT2D eigenvalue weighted by atomic mass is 16.5. The predicted molar refractivity (Wildman–Crippen MR) is 123 cm³/mol. The van der Waals surface area contributed by atoms with E-state index >= 15 is 0 Å². The van der Waals surface area contributed by atoms with E-state index in [2.05, 4.69) is 10.6 Å². The zero-order valence-electron chi connectivity index (χ0n) is 17.8. The molecule has 0 aliphatic carbocycles. The average molecular weight is 431 g/mol. The van der Waals surface area contributed by atoms with Gasteiger partial charge in [0.05, 0.1) is 13.0 Å². The van der Waals surface area contributed by atoms with Gasteiger partial charge >= 0.3 is 5.97 Å². The van der Waals surface area contributed by atoms with Crippen molar-refractivity contribution in [1.82, 2.24) is 5.32 Å². The van der Waals surface area contributed by atoms with Crippen molar-refractivity contribution in [2.75, 3.05) is 11.9 Å². The second-order valence-electron chi connectivity index (χ2n) is 7.25. The molecule has 0 bridgehead atoms. The summed E-state index contributed by atoms with van der Waals surface area (Å²) in [6.45, 7) is 0.734. The lowest BCUT2D eigenvalue weighted by Crippen LogP contribution is -2.22. The Morgan fingerprint density at radius 1 is 0.719 bits per heavy atom. The van der Waals surface area contributed by atoms with Gasteiger partial charge in [-0.25, -0.2) is 0 Å². The molecule has 2 amide bonds. The Balaban J connectivity index is 1.35. The number of ether oxygens (including phenoxy) is 1. The normalized spacial score (nSPS) is 10.2. The highest BCUT2D eigenvalue weighted by molar-refractivity contribution is 5.96. The number of anilines is 1. The fourth-order valence-corrected chi connectivity index (χ4v) is 3.02. The predicted octanol–water partition coefficient (Wildman–Crippen LogP) is 4.12. The molecule has 0 radical (unpaired) electrons. The molecule has 3 aromatic rings. The summed E-state index contributed by atoms with van der Waals surface area (Å²) in [5.41, 5.74) is 3.17. The van der Waals surface area contributed by atoms with Crippen LogP contribution in [0.15, 0.2) is 84.9 Å². The summed E-state index contributed by atoms with van der Waals surface area (Å²) in [5.74, 6) is -0.877. The molecule has 2 N–H and O–H groups in total. The molecule has 0 aliphatic rings. The number of esters is 1. The minimum absolute atomic E-state index is 0.0145. The molecule has 0 saturated heterocycles. The lowest BCUT2D eigenvalue weighted by Gasteiger charge is -2.08. The molecule has 164 valence electrons.